The Morgan fingerprint density at radius 3 is 2.46 bits per heavy atom. The first-order valence-corrected chi connectivity index (χ1v) is 5.48. The van der Waals surface area contributed by atoms with E-state index < -0.39 is 10.2 Å². The SMILES string of the molecule is CNS(=O)(=O)NCCNCCOC. The van der Waals surface area contributed by atoms with Crippen molar-refractivity contribution in [2.75, 3.05) is 40.4 Å². The van der Waals surface area contributed by atoms with E-state index in [9.17, 15) is 8.42 Å². The molecule has 0 aromatic heterocycles. The van der Waals surface area contributed by atoms with Crippen LogP contribution in [-0.2, 0) is 14.9 Å². The molecular weight excluding hydrogens is 194 g/mol. The number of hydrogen-bond acceptors (Lipinski definition) is 4. The molecule has 0 aliphatic carbocycles. The molecule has 0 bridgehead atoms. The van der Waals surface area contributed by atoms with Gasteiger partial charge in [-0.15, -0.1) is 0 Å². The molecule has 0 aromatic carbocycles. The van der Waals surface area contributed by atoms with E-state index in [4.69, 9.17) is 4.74 Å². The van der Waals surface area contributed by atoms with Crippen molar-refractivity contribution in [1.82, 2.24) is 14.8 Å². The fraction of sp³-hybridized carbons (Fsp3) is 1.00. The summed E-state index contributed by atoms with van der Waals surface area (Å²) < 4.78 is 30.9. The summed E-state index contributed by atoms with van der Waals surface area (Å²) in [5, 5.41) is 3.00. The van der Waals surface area contributed by atoms with Gasteiger partial charge in [0.05, 0.1) is 6.61 Å². The maximum Gasteiger partial charge on any atom is 0.276 e. The van der Waals surface area contributed by atoms with E-state index in [2.05, 4.69) is 14.8 Å². The average Bonchev–Trinajstić information content (AvgIpc) is 2.11. The molecule has 3 N–H and O–H groups in total. The zero-order valence-corrected chi connectivity index (χ0v) is 8.78. The first-order valence-electron chi connectivity index (χ1n) is 4.00. The Hall–Kier alpha value is -0.210. The van der Waals surface area contributed by atoms with Gasteiger partial charge in [0.15, 0.2) is 0 Å². The van der Waals surface area contributed by atoms with Gasteiger partial charge >= 0.3 is 0 Å². The fourth-order valence-electron chi connectivity index (χ4n) is 0.645. The van der Waals surface area contributed by atoms with E-state index in [0.29, 0.717) is 19.7 Å². The van der Waals surface area contributed by atoms with Gasteiger partial charge in [0.2, 0.25) is 0 Å². The zero-order valence-electron chi connectivity index (χ0n) is 7.96. The highest BCUT2D eigenvalue weighted by molar-refractivity contribution is 7.87. The Balaban J connectivity index is 3.26. The van der Waals surface area contributed by atoms with Crippen molar-refractivity contribution in [3.63, 3.8) is 0 Å². The second-order valence-corrected chi connectivity index (χ2v) is 4.05. The lowest BCUT2D eigenvalue weighted by molar-refractivity contribution is 0.199. The van der Waals surface area contributed by atoms with Gasteiger partial charge in [-0.2, -0.15) is 8.42 Å². The smallest absolute Gasteiger partial charge is 0.276 e. The Morgan fingerprint density at radius 1 is 1.23 bits per heavy atom. The van der Waals surface area contributed by atoms with Gasteiger partial charge in [-0.3, -0.25) is 0 Å². The number of nitrogens with one attached hydrogen (secondary N) is 3. The standard InChI is InChI=1S/C6H17N3O3S/c1-7-13(10,11)9-4-3-8-5-6-12-2/h7-9H,3-6H2,1-2H3. The predicted octanol–water partition coefficient (Wildman–Crippen LogP) is -1.72. The number of methoxy groups -OCH3 is 1. The molecule has 0 aromatic rings. The highest BCUT2D eigenvalue weighted by Gasteiger charge is 2.02. The molecule has 0 heterocycles. The molecule has 0 fully saturated rings. The molecule has 0 aliphatic heterocycles. The molecule has 6 nitrogen and oxygen atoms in total. The summed E-state index contributed by atoms with van der Waals surface area (Å²) in [4.78, 5) is 0. The molecule has 0 amide bonds. The first kappa shape index (κ1) is 12.8. The minimum absolute atomic E-state index is 0.368. The van der Waals surface area contributed by atoms with Gasteiger partial charge in [-0.25, -0.2) is 9.44 Å². The van der Waals surface area contributed by atoms with Crippen LogP contribution in [0.2, 0.25) is 0 Å². The monoisotopic (exact) mass is 211 g/mol. The molecule has 7 heteroatoms. The summed E-state index contributed by atoms with van der Waals surface area (Å²) in [5.74, 6) is 0. The van der Waals surface area contributed by atoms with E-state index in [1.54, 1.807) is 7.11 Å². The molecule has 0 atom stereocenters. The van der Waals surface area contributed by atoms with Gasteiger partial charge < -0.3 is 10.1 Å². The van der Waals surface area contributed by atoms with Gasteiger partial charge in [0, 0.05) is 33.8 Å². The van der Waals surface area contributed by atoms with Crippen molar-refractivity contribution in [3.8, 4) is 0 Å². The lowest BCUT2D eigenvalue weighted by Gasteiger charge is -2.05. The second-order valence-electron chi connectivity index (χ2n) is 2.34. The summed E-state index contributed by atoms with van der Waals surface area (Å²) in [6.45, 7) is 2.30. The summed E-state index contributed by atoms with van der Waals surface area (Å²) >= 11 is 0. The molecule has 0 rings (SSSR count). The Morgan fingerprint density at radius 2 is 1.92 bits per heavy atom. The molecule has 0 radical (unpaired) electrons. The maximum atomic E-state index is 10.8. The zero-order chi connectivity index (χ0) is 10.2. The normalized spacial score (nSPS) is 11.8. The number of ether oxygens (including phenoxy) is 1. The van der Waals surface area contributed by atoms with Crippen LogP contribution in [0.4, 0.5) is 0 Å². The molecule has 80 valence electrons. The van der Waals surface area contributed by atoms with Crippen LogP contribution in [0.1, 0.15) is 0 Å². The lowest BCUT2D eigenvalue weighted by atomic mass is 10.6. The molecule has 0 unspecified atom stereocenters. The quantitative estimate of drug-likeness (QED) is 0.417. The molecule has 0 saturated heterocycles. The maximum absolute atomic E-state index is 10.8. The van der Waals surface area contributed by atoms with Crippen LogP contribution in [0.3, 0.4) is 0 Å². The second kappa shape index (κ2) is 7.22. The minimum Gasteiger partial charge on any atom is -0.383 e. The van der Waals surface area contributed by atoms with Crippen LogP contribution >= 0.6 is 0 Å². The van der Waals surface area contributed by atoms with Crippen LogP contribution in [0, 0.1) is 0 Å². The molecule has 0 aliphatic rings. The average molecular weight is 211 g/mol. The van der Waals surface area contributed by atoms with Crippen molar-refractivity contribution in [2.24, 2.45) is 0 Å². The Bertz CT molecular complexity index is 205. The highest BCUT2D eigenvalue weighted by Crippen LogP contribution is 1.71. The molecule has 0 saturated carbocycles. The van der Waals surface area contributed by atoms with E-state index in [0.717, 1.165) is 6.54 Å². The van der Waals surface area contributed by atoms with Crippen molar-refractivity contribution < 1.29 is 13.2 Å². The van der Waals surface area contributed by atoms with Crippen molar-refractivity contribution in [2.45, 2.75) is 0 Å². The predicted molar refractivity (Wildman–Crippen MR) is 50.7 cm³/mol. The molecular formula is C6H17N3O3S. The van der Waals surface area contributed by atoms with Crippen molar-refractivity contribution in [3.05, 3.63) is 0 Å². The van der Waals surface area contributed by atoms with Crippen LogP contribution in [-0.4, -0.2) is 48.8 Å². The van der Waals surface area contributed by atoms with E-state index in [1.807, 2.05) is 0 Å². The van der Waals surface area contributed by atoms with Gasteiger partial charge in [-0.1, -0.05) is 0 Å². The molecule has 0 spiro atoms. The van der Waals surface area contributed by atoms with Gasteiger partial charge in [0.1, 0.15) is 0 Å². The summed E-state index contributed by atoms with van der Waals surface area (Å²) in [6.07, 6.45) is 0. The third-order valence-electron chi connectivity index (χ3n) is 1.35. The largest absolute Gasteiger partial charge is 0.383 e. The Labute approximate surface area is 79.2 Å². The fourth-order valence-corrected chi connectivity index (χ4v) is 1.16. The third kappa shape index (κ3) is 8.13. The third-order valence-corrected chi connectivity index (χ3v) is 2.47. The summed E-state index contributed by atoms with van der Waals surface area (Å²) in [7, 11) is -0.305. The van der Waals surface area contributed by atoms with Crippen molar-refractivity contribution >= 4 is 10.2 Å². The van der Waals surface area contributed by atoms with E-state index in [1.165, 1.54) is 7.05 Å². The van der Waals surface area contributed by atoms with E-state index >= 15 is 0 Å². The van der Waals surface area contributed by atoms with Crippen LogP contribution < -0.4 is 14.8 Å². The molecule has 13 heavy (non-hydrogen) atoms. The first-order chi connectivity index (χ1) is 6.12. The topological polar surface area (TPSA) is 79.5 Å². The van der Waals surface area contributed by atoms with E-state index in [-0.39, 0.29) is 0 Å². The summed E-state index contributed by atoms with van der Waals surface area (Å²) in [6, 6.07) is 0. The van der Waals surface area contributed by atoms with Crippen LogP contribution in [0.25, 0.3) is 0 Å². The lowest BCUT2D eigenvalue weighted by Crippen LogP contribution is -2.38. The Kier molecular flexibility index (Phi) is 7.10. The van der Waals surface area contributed by atoms with Crippen LogP contribution in [0.15, 0.2) is 0 Å². The van der Waals surface area contributed by atoms with Gasteiger partial charge in [-0.05, 0) is 0 Å². The van der Waals surface area contributed by atoms with Crippen molar-refractivity contribution in [1.29, 1.82) is 0 Å². The van der Waals surface area contributed by atoms with Gasteiger partial charge in [0.25, 0.3) is 10.2 Å². The number of hydrogen-bond donors (Lipinski definition) is 3. The highest BCUT2D eigenvalue weighted by atomic mass is 32.2. The number of rotatable bonds is 8. The summed E-state index contributed by atoms with van der Waals surface area (Å²) in [5.41, 5.74) is 0. The minimum atomic E-state index is -3.28. The van der Waals surface area contributed by atoms with Crippen LogP contribution in [0.5, 0.6) is 0 Å².